The molecule has 3 rings (SSSR count). The van der Waals surface area contributed by atoms with Crippen LogP contribution in [0.4, 0.5) is 0 Å². The maximum absolute atomic E-state index is 9.52. The van der Waals surface area contributed by atoms with Crippen LogP contribution in [0.5, 0.6) is 5.75 Å². The molecule has 0 atom stereocenters. The van der Waals surface area contributed by atoms with Crippen molar-refractivity contribution in [1.29, 1.82) is 0 Å². The van der Waals surface area contributed by atoms with E-state index in [4.69, 9.17) is 9.47 Å². The Bertz CT molecular complexity index is 447. The van der Waals surface area contributed by atoms with E-state index >= 15 is 0 Å². The van der Waals surface area contributed by atoms with Gasteiger partial charge in [0.2, 0.25) is 0 Å². The van der Waals surface area contributed by atoms with E-state index in [2.05, 4.69) is 18.0 Å². The van der Waals surface area contributed by atoms with Crippen LogP contribution in [-0.4, -0.2) is 42.1 Å². The molecule has 0 radical (unpaired) electrons. The number of hydrogen-bond acceptors (Lipinski definition) is 4. The van der Waals surface area contributed by atoms with Gasteiger partial charge >= 0.3 is 0 Å². The van der Waals surface area contributed by atoms with Crippen molar-refractivity contribution in [3.05, 3.63) is 29.8 Å². The molecule has 0 bridgehead atoms. The summed E-state index contributed by atoms with van der Waals surface area (Å²) in [5, 5.41) is 9.52. The minimum atomic E-state index is -0.275. The highest BCUT2D eigenvalue weighted by Gasteiger charge is 2.40. The molecular weight excluding hydrogens is 254 g/mol. The highest BCUT2D eigenvalue weighted by Crippen LogP contribution is 2.37. The average molecular weight is 277 g/mol. The minimum absolute atomic E-state index is 0.275. The molecule has 1 aliphatic carbocycles. The first kappa shape index (κ1) is 13.9. The molecule has 2 fully saturated rings. The van der Waals surface area contributed by atoms with Gasteiger partial charge in [-0.3, -0.25) is 4.90 Å². The average Bonchev–Trinajstić information content (AvgIpc) is 2.88. The maximum Gasteiger partial charge on any atom is 0.168 e. The molecule has 0 unspecified atom stereocenters. The van der Waals surface area contributed by atoms with E-state index in [0.717, 1.165) is 51.0 Å². The van der Waals surface area contributed by atoms with Gasteiger partial charge in [0, 0.05) is 25.4 Å². The van der Waals surface area contributed by atoms with Crippen molar-refractivity contribution in [3.63, 3.8) is 0 Å². The zero-order valence-electron chi connectivity index (χ0n) is 12.0. The number of nitrogens with zero attached hydrogens (tertiary/aromatic N) is 1. The topological polar surface area (TPSA) is 41.9 Å². The third-order valence-corrected chi connectivity index (χ3v) is 4.50. The predicted octanol–water partition coefficient (Wildman–Crippen LogP) is 2.51. The minimum Gasteiger partial charge on any atom is -0.508 e. The van der Waals surface area contributed by atoms with Crippen LogP contribution in [0.2, 0.25) is 0 Å². The van der Waals surface area contributed by atoms with Crippen molar-refractivity contribution in [2.45, 2.75) is 44.1 Å². The number of phenols is 1. The zero-order valence-corrected chi connectivity index (χ0v) is 12.0. The molecule has 1 spiro atoms. The summed E-state index contributed by atoms with van der Waals surface area (Å²) < 4.78 is 11.5. The van der Waals surface area contributed by atoms with Crippen LogP contribution in [0.25, 0.3) is 0 Å². The summed E-state index contributed by atoms with van der Waals surface area (Å²) >= 11 is 0. The van der Waals surface area contributed by atoms with Gasteiger partial charge in [0.15, 0.2) is 5.79 Å². The number of ether oxygens (including phenoxy) is 2. The molecule has 1 N–H and O–H groups in total. The summed E-state index contributed by atoms with van der Waals surface area (Å²) in [6.07, 6.45) is 4.19. The van der Waals surface area contributed by atoms with Crippen LogP contribution in [0.1, 0.15) is 31.2 Å². The molecule has 1 aliphatic heterocycles. The molecule has 0 aromatic heterocycles. The number of aromatic hydroxyl groups is 1. The smallest absolute Gasteiger partial charge is 0.168 e. The first-order valence-corrected chi connectivity index (χ1v) is 7.43. The molecule has 4 heteroatoms. The molecule has 1 aromatic rings. The number of hydrogen-bond donors (Lipinski definition) is 1. The third kappa shape index (κ3) is 2.97. The molecule has 1 aromatic carbocycles. The molecule has 20 heavy (non-hydrogen) atoms. The van der Waals surface area contributed by atoms with Gasteiger partial charge in [0.05, 0.1) is 13.2 Å². The van der Waals surface area contributed by atoms with Gasteiger partial charge < -0.3 is 14.6 Å². The van der Waals surface area contributed by atoms with Gasteiger partial charge in [-0.15, -0.1) is 0 Å². The summed E-state index contributed by atoms with van der Waals surface area (Å²) in [5.74, 6) is 0.0637. The SMILES string of the molecule is CN(Cc1cccc(O)c1)C1CCC2(CC1)OCCO2. The Balaban J connectivity index is 1.55. The fraction of sp³-hybridized carbons (Fsp3) is 0.625. The van der Waals surface area contributed by atoms with Gasteiger partial charge in [-0.2, -0.15) is 0 Å². The Morgan fingerprint density at radius 3 is 2.60 bits per heavy atom. The lowest BCUT2D eigenvalue weighted by atomic mass is 9.89. The van der Waals surface area contributed by atoms with Gasteiger partial charge in [-0.1, -0.05) is 12.1 Å². The first-order chi connectivity index (χ1) is 9.67. The Hall–Kier alpha value is -1.10. The van der Waals surface area contributed by atoms with E-state index in [1.54, 1.807) is 6.07 Å². The Kier molecular flexibility index (Phi) is 3.96. The van der Waals surface area contributed by atoms with Gasteiger partial charge in [-0.05, 0) is 37.6 Å². The van der Waals surface area contributed by atoms with Crippen molar-refractivity contribution in [1.82, 2.24) is 4.90 Å². The van der Waals surface area contributed by atoms with Crippen molar-refractivity contribution >= 4 is 0 Å². The zero-order chi connectivity index (χ0) is 14.0. The molecule has 1 heterocycles. The lowest BCUT2D eigenvalue weighted by molar-refractivity contribution is -0.183. The van der Waals surface area contributed by atoms with Crippen LogP contribution >= 0.6 is 0 Å². The van der Waals surface area contributed by atoms with Crippen molar-refractivity contribution < 1.29 is 14.6 Å². The molecule has 0 amide bonds. The summed E-state index contributed by atoms with van der Waals surface area (Å²) in [7, 11) is 2.16. The fourth-order valence-electron chi connectivity index (χ4n) is 3.34. The second kappa shape index (κ2) is 5.72. The summed E-state index contributed by atoms with van der Waals surface area (Å²) in [5.41, 5.74) is 1.15. The Morgan fingerprint density at radius 2 is 1.95 bits per heavy atom. The lowest BCUT2D eigenvalue weighted by Gasteiger charge is -2.39. The van der Waals surface area contributed by atoms with E-state index in [-0.39, 0.29) is 5.79 Å². The molecule has 2 aliphatic rings. The molecule has 4 nitrogen and oxygen atoms in total. The van der Waals surface area contributed by atoms with Crippen LogP contribution in [-0.2, 0) is 16.0 Å². The largest absolute Gasteiger partial charge is 0.508 e. The number of phenolic OH excluding ortho intramolecular Hbond substituents is 1. The Morgan fingerprint density at radius 1 is 1.25 bits per heavy atom. The highest BCUT2D eigenvalue weighted by atomic mass is 16.7. The molecular formula is C16H23NO3. The summed E-state index contributed by atoms with van der Waals surface area (Å²) in [6, 6.07) is 8.07. The molecule has 1 saturated carbocycles. The third-order valence-electron chi connectivity index (χ3n) is 4.50. The Labute approximate surface area is 120 Å². The molecule has 1 saturated heterocycles. The second-order valence-electron chi connectivity index (χ2n) is 5.92. The number of rotatable bonds is 3. The van der Waals surface area contributed by atoms with Crippen LogP contribution in [0.15, 0.2) is 24.3 Å². The van der Waals surface area contributed by atoms with Crippen molar-refractivity contribution in [2.75, 3.05) is 20.3 Å². The standard InChI is InChI=1S/C16H23NO3/c1-17(12-13-3-2-4-15(18)11-13)14-5-7-16(8-6-14)19-9-10-20-16/h2-4,11,14,18H,5-10,12H2,1H3. The normalized spacial score (nSPS) is 22.7. The molecule has 110 valence electrons. The van der Waals surface area contributed by atoms with Crippen LogP contribution in [0.3, 0.4) is 0 Å². The highest BCUT2D eigenvalue weighted by molar-refractivity contribution is 5.27. The second-order valence-corrected chi connectivity index (χ2v) is 5.92. The van der Waals surface area contributed by atoms with E-state index in [0.29, 0.717) is 11.8 Å². The van der Waals surface area contributed by atoms with E-state index < -0.39 is 0 Å². The lowest BCUT2D eigenvalue weighted by Crippen LogP contribution is -2.42. The van der Waals surface area contributed by atoms with Gasteiger partial charge in [-0.25, -0.2) is 0 Å². The van der Waals surface area contributed by atoms with E-state index in [1.807, 2.05) is 12.1 Å². The predicted molar refractivity (Wildman–Crippen MR) is 76.5 cm³/mol. The van der Waals surface area contributed by atoms with Crippen molar-refractivity contribution in [3.8, 4) is 5.75 Å². The van der Waals surface area contributed by atoms with Gasteiger partial charge in [0.25, 0.3) is 0 Å². The first-order valence-electron chi connectivity index (χ1n) is 7.43. The quantitative estimate of drug-likeness (QED) is 0.922. The van der Waals surface area contributed by atoms with Crippen molar-refractivity contribution in [2.24, 2.45) is 0 Å². The van der Waals surface area contributed by atoms with E-state index in [1.165, 1.54) is 0 Å². The fourth-order valence-corrected chi connectivity index (χ4v) is 3.34. The van der Waals surface area contributed by atoms with Gasteiger partial charge in [0.1, 0.15) is 5.75 Å². The van der Waals surface area contributed by atoms with Crippen LogP contribution < -0.4 is 0 Å². The summed E-state index contributed by atoms with van der Waals surface area (Å²) in [4.78, 5) is 2.37. The van der Waals surface area contributed by atoms with E-state index in [9.17, 15) is 5.11 Å². The monoisotopic (exact) mass is 277 g/mol. The number of benzene rings is 1. The maximum atomic E-state index is 9.52. The summed E-state index contributed by atoms with van der Waals surface area (Å²) in [6.45, 7) is 2.35. The van der Waals surface area contributed by atoms with Crippen LogP contribution in [0, 0.1) is 0 Å².